The van der Waals surface area contributed by atoms with Crippen LogP contribution in [0.1, 0.15) is 16.7 Å². The molecule has 0 aliphatic carbocycles. The number of rotatable bonds is 0. The number of hydrogen-bond acceptors (Lipinski definition) is 6. The standard InChI is InChI=1S/C17H10N6O/c1-7-2-3-11-8(4-7)12-9(5-18)15(20)22-14-10(6-19)16(21)23-17(24-11)13(12)14/h2-4,21-22H,20H2,1H3. The number of nitriles is 2. The van der Waals surface area contributed by atoms with E-state index in [2.05, 4.69) is 16.0 Å². The number of nitrogens with one attached hydrogen (secondary N) is 2. The number of pyridine rings is 2. The monoisotopic (exact) mass is 314 g/mol. The molecule has 0 saturated carbocycles. The number of nitrogens with zero attached hydrogens (tertiary/aromatic N) is 3. The summed E-state index contributed by atoms with van der Waals surface area (Å²) in [6.07, 6.45) is 0. The Kier molecular flexibility index (Phi) is 2.63. The zero-order chi connectivity index (χ0) is 17.0. The number of hydrogen-bond donors (Lipinski definition) is 3. The van der Waals surface area contributed by atoms with Crippen molar-refractivity contribution in [1.29, 1.82) is 15.9 Å². The van der Waals surface area contributed by atoms with Crippen molar-refractivity contribution in [3.8, 4) is 12.1 Å². The maximum atomic E-state index is 9.57. The molecule has 3 heterocycles. The molecule has 7 nitrogen and oxygen atoms in total. The van der Waals surface area contributed by atoms with E-state index in [1.54, 1.807) is 6.07 Å². The second kappa shape index (κ2) is 4.58. The maximum Gasteiger partial charge on any atom is 0.231 e. The smallest absolute Gasteiger partial charge is 0.231 e. The zero-order valence-electron chi connectivity index (χ0n) is 12.6. The Morgan fingerprint density at radius 1 is 1.21 bits per heavy atom. The Morgan fingerprint density at radius 3 is 2.67 bits per heavy atom. The molecule has 4 N–H and O–H groups in total. The Hall–Kier alpha value is -3.84. The van der Waals surface area contributed by atoms with Crippen LogP contribution in [0.15, 0.2) is 22.6 Å². The molecule has 7 heteroatoms. The third kappa shape index (κ3) is 1.64. The van der Waals surface area contributed by atoms with Crippen molar-refractivity contribution in [3.05, 3.63) is 40.4 Å². The Morgan fingerprint density at radius 2 is 1.96 bits per heavy atom. The second-order valence-corrected chi connectivity index (χ2v) is 5.50. The van der Waals surface area contributed by atoms with Gasteiger partial charge in [-0.2, -0.15) is 15.5 Å². The van der Waals surface area contributed by atoms with E-state index < -0.39 is 0 Å². The molecule has 3 aromatic heterocycles. The van der Waals surface area contributed by atoms with Crippen LogP contribution in [0.2, 0.25) is 0 Å². The van der Waals surface area contributed by atoms with Gasteiger partial charge in [0, 0.05) is 10.8 Å². The predicted molar refractivity (Wildman–Crippen MR) is 87.8 cm³/mol. The summed E-state index contributed by atoms with van der Waals surface area (Å²) in [6.45, 7) is 1.93. The first-order valence-corrected chi connectivity index (χ1v) is 7.08. The molecule has 0 aliphatic heterocycles. The molecule has 0 unspecified atom stereocenters. The Labute approximate surface area is 135 Å². The number of anilines is 1. The van der Waals surface area contributed by atoms with Crippen LogP contribution in [0.3, 0.4) is 0 Å². The third-order valence-electron chi connectivity index (χ3n) is 4.03. The number of nitrogens with two attached hydrogens (primary N) is 1. The molecule has 0 spiro atoms. The fourth-order valence-electron chi connectivity index (χ4n) is 2.98. The van der Waals surface area contributed by atoms with E-state index in [0.29, 0.717) is 27.3 Å². The molecule has 0 aliphatic rings. The first-order chi connectivity index (χ1) is 11.5. The van der Waals surface area contributed by atoms with E-state index in [1.807, 2.05) is 25.1 Å². The van der Waals surface area contributed by atoms with Crippen LogP contribution >= 0.6 is 0 Å². The number of aromatic amines is 1. The van der Waals surface area contributed by atoms with Crippen LogP contribution in [-0.4, -0.2) is 9.97 Å². The van der Waals surface area contributed by atoms with Gasteiger partial charge in [0.2, 0.25) is 5.71 Å². The predicted octanol–water partition coefficient (Wildman–Crippen LogP) is 2.58. The normalized spacial score (nSPS) is 11.0. The second-order valence-electron chi connectivity index (χ2n) is 5.50. The van der Waals surface area contributed by atoms with Crippen LogP contribution in [0.25, 0.3) is 33.0 Å². The zero-order valence-corrected chi connectivity index (χ0v) is 12.6. The molecule has 0 amide bonds. The van der Waals surface area contributed by atoms with Crippen molar-refractivity contribution < 1.29 is 4.42 Å². The van der Waals surface area contributed by atoms with Gasteiger partial charge in [0.05, 0.1) is 10.9 Å². The average molecular weight is 314 g/mol. The number of benzene rings is 1. The summed E-state index contributed by atoms with van der Waals surface area (Å²) in [5.41, 5.74) is 8.20. The summed E-state index contributed by atoms with van der Waals surface area (Å²) in [5, 5.41) is 28.7. The SMILES string of the molecule is Cc1ccc2oc3nc(=N)c(C#N)c4[nH]c(N)c(C#N)c(c2c1)c34. The van der Waals surface area contributed by atoms with Crippen LogP contribution in [-0.2, 0) is 0 Å². The summed E-state index contributed by atoms with van der Waals surface area (Å²) in [6, 6.07) is 9.65. The van der Waals surface area contributed by atoms with E-state index in [0.717, 1.165) is 5.56 Å². The summed E-state index contributed by atoms with van der Waals surface area (Å²) in [4.78, 5) is 6.94. The van der Waals surface area contributed by atoms with Crippen molar-refractivity contribution in [2.45, 2.75) is 6.92 Å². The first kappa shape index (κ1) is 13.8. The van der Waals surface area contributed by atoms with E-state index in [4.69, 9.17) is 15.6 Å². The van der Waals surface area contributed by atoms with Gasteiger partial charge in [-0.05, 0) is 19.1 Å². The Bertz CT molecular complexity index is 1310. The van der Waals surface area contributed by atoms with Gasteiger partial charge in [-0.25, -0.2) is 0 Å². The minimum absolute atomic E-state index is 0.0610. The lowest BCUT2D eigenvalue weighted by Crippen LogP contribution is -2.13. The molecule has 0 saturated heterocycles. The highest BCUT2D eigenvalue weighted by Gasteiger charge is 2.20. The Balaban J connectivity index is 2.49. The van der Waals surface area contributed by atoms with Crippen LogP contribution in [0, 0.1) is 35.0 Å². The summed E-state index contributed by atoms with van der Waals surface area (Å²) < 4.78 is 5.81. The van der Waals surface area contributed by atoms with Gasteiger partial charge in [0.15, 0.2) is 5.49 Å². The van der Waals surface area contributed by atoms with E-state index >= 15 is 0 Å². The molecule has 114 valence electrons. The number of nitrogen functional groups attached to an aromatic ring is 1. The lowest BCUT2D eigenvalue weighted by atomic mass is 9.99. The van der Waals surface area contributed by atoms with Gasteiger partial charge in [-0.3, -0.25) is 5.41 Å². The summed E-state index contributed by atoms with van der Waals surface area (Å²) >= 11 is 0. The van der Waals surface area contributed by atoms with Crippen molar-refractivity contribution in [3.63, 3.8) is 0 Å². The highest BCUT2D eigenvalue weighted by molar-refractivity contribution is 6.19. The molecule has 1 aromatic carbocycles. The molecular formula is C17H10N6O. The van der Waals surface area contributed by atoms with Gasteiger partial charge in [0.25, 0.3) is 0 Å². The third-order valence-corrected chi connectivity index (χ3v) is 4.03. The molecular weight excluding hydrogens is 304 g/mol. The number of aromatic nitrogens is 2. The van der Waals surface area contributed by atoms with Crippen LogP contribution < -0.4 is 11.2 Å². The van der Waals surface area contributed by atoms with Gasteiger partial charge >= 0.3 is 0 Å². The lowest BCUT2D eigenvalue weighted by Gasteiger charge is -2.12. The van der Waals surface area contributed by atoms with Gasteiger partial charge in [-0.15, -0.1) is 0 Å². The van der Waals surface area contributed by atoms with E-state index in [-0.39, 0.29) is 28.1 Å². The van der Waals surface area contributed by atoms with Crippen molar-refractivity contribution in [2.75, 3.05) is 5.73 Å². The molecule has 4 aromatic rings. The fraction of sp³-hybridized carbons (Fsp3) is 0.0588. The largest absolute Gasteiger partial charge is 0.438 e. The molecule has 0 fully saturated rings. The topological polar surface area (TPSA) is 139 Å². The van der Waals surface area contributed by atoms with Crippen LogP contribution in [0.5, 0.6) is 0 Å². The molecule has 0 atom stereocenters. The number of fused-ring (bicyclic) bond motifs is 2. The number of H-pyrrole nitrogens is 1. The number of aryl methyl sites for hydroxylation is 1. The summed E-state index contributed by atoms with van der Waals surface area (Å²) in [7, 11) is 0. The average Bonchev–Trinajstić information content (AvgIpc) is 2.55. The summed E-state index contributed by atoms with van der Waals surface area (Å²) in [5.74, 6) is 0.141. The van der Waals surface area contributed by atoms with Gasteiger partial charge in [-0.1, -0.05) is 11.6 Å². The molecule has 0 radical (unpaired) electrons. The highest BCUT2D eigenvalue weighted by Crippen LogP contribution is 2.36. The maximum absolute atomic E-state index is 9.57. The van der Waals surface area contributed by atoms with Crippen molar-refractivity contribution >= 4 is 38.8 Å². The fourth-order valence-corrected chi connectivity index (χ4v) is 2.98. The highest BCUT2D eigenvalue weighted by atomic mass is 16.3. The van der Waals surface area contributed by atoms with Gasteiger partial charge in [0.1, 0.15) is 34.7 Å². The molecule has 4 rings (SSSR count). The van der Waals surface area contributed by atoms with E-state index in [1.165, 1.54) is 0 Å². The quantitative estimate of drug-likeness (QED) is 0.338. The lowest BCUT2D eigenvalue weighted by molar-refractivity contribution is 0.643. The molecule has 0 bridgehead atoms. The first-order valence-electron chi connectivity index (χ1n) is 7.08. The van der Waals surface area contributed by atoms with Crippen molar-refractivity contribution in [2.24, 2.45) is 0 Å². The van der Waals surface area contributed by atoms with E-state index in [9.17, 15) is 10.5 Å². The van der Waals surface area contributed by atoms with Crippen LogP contribution in [0.4, 0.5) is 5.82 Å². The minimum Gasteiger partial charge on any atom is -0.438 e. The van der Waals surface area contributed by atoms with Crippen molar-refractivity contribution in [1.82, 2.24) is 9.97 Å². The molecule has 24 heavy (non-hydrogen) atoms. The minimum atomic E-state index is -0.207. The van der Waals surface area contributed by atoms with Gasteiger partial charge < -0.3 is 15.1 Å².